The van der Waals surface area contributed by atoms with Gasteiger partial charge in [0.05, 0.1) is 11.8 Å². The van der Waals surface area contributed by atoms with Gasteiger partial charge < -0.3 is 5.32 Å². The van der Waals surface area contributed by atoms with Crippen molar-refractivity contribution in [3.05, 3.63) is 99.6 Å². The summed E-state index contributed by atoms with van der Waals surface area (Å²) in [6.45, 7) is 5.46. The maximum Gasteiger partial charge on any atom is 0.247 e. The van der Waals surface area contributed by atoms with Gasteiger partial charge in [0, 0.05) is 10.7 Å². The molecule has 0 saturated carbocycles. The first-order valence-corrected chi connectivity index (χ1v) is 13.7. The molecule has 0 unspecified atom stereocenters. The monoisotopic (exact) mass is 566 g/mol. The molecule has 3 aromatic rings. The third-order valence-corrected chi connectivity index (χ3v) is 9.77. The lowest BCUT2D eigenvalue weighted by molar-refractivity contribution is -0.148. The molecule has 3 aromatic carbocycles. The molecular formula is C30H25Cl3N2O3. The van der Waals surface area contributed by atoms with Crippen molar-refractivity contribution in [2.75, 3.05) is 5.32 Å². The van der Waals surface area contributed by atoms with E-state index in [0.29, 0.717) is 10.7 Å². The van der Waals surface area contributed by atoms with Gasteiger partial charge in [-0.1, -0.05) is 80.0 Å². The normalized spacial score (nSPS) is 27.7. The van der Waals surface area contributed by atoms with Crippen LogP contribution in [0, 0.1) is 24.7 Å². The molecule has 194 valence electrons. The van der Waals surface area contributed by atoms with Crippen molar-refractivity contribution in [3.8, 4) is 0 Å². The number of imide groups is 1. The number of nitrogens with zero attached hydrogens (tertiary/aromatic N) is 1. The molecule has 1 aliphatic heterocycles. The number of rotatable bonds is 4. The van der Waals surface area contributed by atoms with Gasteiger partial charge in [-0.2, -0.15) is 0 Å². The van der Waals surface area contributed by atoms with Crippen molar-refractivity contribution in [1.29, 1.82) is 0 Å². The van der Waals surface area contributed by atoms with E-state index in [9.17, 15) is 14.4 Å². The van der Waals surface area contributed by atoms with Gasteiger partial charge in [0.25, 0.3) is 0 Å². The van der Waals surface area contributed by atoms with Crippen LogP contribution in [0.15, 0.2) is 66.7 Å². The van der Waals surface area contributed by atoms with Crippen LogP contribution < -0.4 is 5.32 Å². The van der Waals surface area contributed by atoms with Crippen LogP contribution in [-0.2, 0) is 24.1 Å². The van der Waals surface area contributed by atoms with Gasteiger partial charge in [-0.15, -0.1) is 23.2 Å². The Bertz CT molecular complexity index is 1410. The van der Waals surface area contributed by atoms with E-state index in [4.69, 9.17) is 34.8 Å². The second-order valence-electron chi connectivity index (χ2n) is 10.7. The van der Waals surface area contributed by atoms with Gasteiger partial charge in [-0.3, -0.25) is 19.3 Å². The minimum absolute atomic E-state index is 0.373. The Kier molecular flexibility index (Phi) is 5.73. The lowest BCUT2D eigenvalue weighted by atomic mass is 9.54. The van der Waals surface area contributed by atoms with E-state index in [-0.39, 0.29) is 5.92 Å². The molecule has 1 saturated heterocycles. The van der Waals surface area contributed by atoms with E-state index < -0.39 is 45.3 Å². The number of alkyl halides is 2. The number of nitrogens with one attached hydrogen (secondary N) is 1. The molecule has 5 nitrogen and oxygen atoms in total. The SMILES string of the molecule is Cc1ccc(Cl)cc1NC(=O)[C@H](C(C)C)N1C(=O)[C@@H]2[C@@H](C1=O)C1(Cl)c3ccccc3C2(Cl)c2ccccc21. The molecule has 0 radical (unpaired) electrons. The van der Waals surface area contributed by atoms with Gasteiger partial charge in [-0.25, -0.2) is 0 Å². The van der Waals surface area contributed by atoms with Crippen LogP contribution in [0.5, 0.6) is 0 Å². The Balaban J connectivity index is 1.49. The fourth-order valence-corrected chi connectivity index (χ4v) is 7.89. The third kappa shape index (κ3) is 3.16. The van der Waals surface area contributed by atoms with E-state index in [0.717, 1.165) is 32.7 Å². The first-order chi connectivity index (χ1) is 18.0. The lowest BCUT2D eigenvalue weighted by Crippen LogP contribution is -2.57. The number of hydrogen-bond acceptors (Lipinski definition) is 3. The predicted molar refractivity (Wildman–Crippen MR) is 148 cm³/mol. The number of carbonyl (C=O) groups is 3. The summed E-state index contributed by atoms with van der Waals surface area (Å²) in [7, 11) is 0. The molecule has 3 atom stereocenters. The van der Waals surface area contributed by atoms with Crippen molar-refractivity contribution < 1.29 is 14.4 Å². The van der Waals surface area contributed by atoms with Crippen molar-refractivity contribution in [2.45, 2.75) is 36.6 Å². The maximum absolute atomic E-state index is 14.3. The third-order valence-electron chi connectivity index (χ3n) is 8.26. The number of anilines is 1. The summed E-state index contributed by atoms with van der Waals surface area (Å²) in [5, 5.41) is 3.35. The Labute approximate surface area is 236 Å². The molecule has 1 fully saturated rings. The van der Waals surface area contributed by atoms with Gasteiger partial charge in [0.1, 0.15) is 15.8 Å². The number of hydrogen-bond donors (Lipinski definition) is 1. The van der Waals surface area contributed by atoms with E-state index >= 15 is 0 Å². The van der Waals surface area contributed by atoms with Gasteiger partial charge in [0.15, 0.2) is 0 Å². The Hall–Kier alpha value is -2.86. The zero-order valence-corrected chi connectivity index (χ0v) is 23.2. The predicted octanol–water partition coefficient (Wildman–Crippen LogP) is 6.20. The quantitative estimate of drug-likeness (QED) is 0.301. The van der Waals surface area contributed by atoms with Crippen LogP contribution in [0.4, 0.5) is 5.69 Å². The molecule has 7 rings (SSSR count). The van der Waals surface area contributed by atoms with Gasteiger partial charge in [0.2, 0.25) is 17.7 Å². The second-order valence-corrected chi connectivity index (χ2v) is 12.3. The zero-order valence-electron chi connectivity index (χ0n) is 21.0. The molecule has 2 bridgehead atoms. The molecule has 1 heterocycles. The number of amides is 3. The van der Waals surface area contributed by atoms with Crippen LogP contribution in [0.2, 0.25) is 5.02 Å². The van der Waals surface area contributed by atoms with E-state index in [1.54, 1.807) is 18.2 Å². The van der Waals surface area contributed by atoms with Gasteiger partial charge >= 0.3 is 0 Å². The minimum Gasteiger partial charge on any atom is -0.324 e. The van der Waals surface area contributed by atoms with E-state index in [1.807, 2.05) is 69.3 Å². The maximum atomic E-state index is 14.3. The number of carbonyl (C=O) groups excluding carboxylic acids is 3. The van der Waals surface area contributed by atoms with Crippen LogP contribution in [0.3, 0.4) is 0 Å². The highest BCUT2D eigenvalue weighted by Gasteiger charge is 2.73. The molecule has 4 aliphatic rings. The fourth-order valence-electron chi connectivity index (χ4n) is 6.62. The molecule has 3 aliphatic carbocycles. The first kappa shape index (κ1) is 25.4. The molecule has 0 spiro atoms. The van der Waals surface area contributed by atoms with Crippen LogP contribution >= 0.6 is 34.8 Å². The van der Waals surface area contributed by atoms with E-state index in [1.165, 1.54) is 0 Å². The average molecular weight is 568 g/mol. The Morgan fingerprint density at radius 2 is 1.29 bits per heavy atom. The van der Waals surface area contributed by atoms with E-state index in [2.05, 4.69) is 5.32 Å². The lowest BCUT2D eigenvalue weighted by Gasteiger charge is -2.54. The van der Waals surface area contributed by atoms with Crippen LogP contribution in [0.1, 0.15) is 41.7 Å². The number of aryl methyl sites for hydroxylation is 1. The molecule has 3 amide bonds. The molecule has 38 heavy (non-hydrogen) atoms. The molecule has 1 N–H and O–H groups in total. The van der Waals surface area contributed by atoms with Gasteiger partial charge in [-0.05, 0) is 52.8 Å². The number of halogens is 3. The summed E-state index contributed by atoms with van der Waals surface area (Å²) in [4.78, 5) is 40.8. The summed E-state index contributed by atoms with van der Waals surface area (Å²) >= 11 is 21.2. The fraction of sp³-hybridized carbons (Fsp3) is 0.300. The largest absolute Gasteiger partial charge is 0.324 e. The highest BCUT2D eigenvalue weighted by molar-refractivity contribution is 6.36. The van der Waals surface area contributed by atoms with Crippen molar-refractivity contribution in [3.63, 3.8) is 0 Å². The minimum atomic E-state index is -1.29. The molecule has 0 aromatic heterocycles. The van der Waals surface area contributed by atoms with Crippen molar-refractivity contribution >= 4 is 58.2 Å². The number of benzene rings is 3. The highest BCUT2D eigenvalue weighted by Crippen LogP contribution is 2.69. The Morgan fingerprint density at radius 1 is 0.842 bits per heavy atom. The Morgan fingerprint density at radius 3 is 1.71 bits per heavy atom. The first-order valence-electron chi connectivity index (χ1n) is 12.5. The summed E-state index contributed by atoms with van der Waals surface area (Å²) in [6, 6.07) is 19.0. The number of likely N-dealkylation sites (tertiary alicyclic amines) is 1. The molecular weight excluding hydrogens is 543 g/mol. The average Bonchev–Trinajstić information content (AvgIpc) is 3.16. The second kappa shape index (κ2) is 8.57. The van der Waals surface area contributed by atoms with Crippen molar-refractivity contribution in [1.82, 2.24) is 4.90 Å². The zero-order chi connectivity index (χ0) is 27.1. The summed E-state index contributed by atoms with van der Waals surface area (Å²) < 4.78 is 0. The molecule has 8 heteroatoms. The highest BCUT2D eigenvalue weighted by atomic mass is 35.5. The topological polar surface area (TPSA) is 66.5 Å². The summed E-state index contributed by atoms with van der Waals surface area (Å²) in [6.07, 6.45) is 0. The smallest absolute Gasteiger partial charge is 0.247 e. The summed E-state index contributed by atoms with van der Waals surface area (Å²) in [5.41, 5.74) is 4.22. The van der Waals surface area contributed by atoms with Crippen molar-refractivity contribution in [2.24, 2.45) is 17.8 Å². The summed E-state index contributed by atoms with van der Waals surface area (Å²) in [5.74, 6) is -3.73. The van der Waals surface area contributed by atoms with Crippen LogP contribution in [0.25, 0.3) is 0 Å². The van der Waals surface area contributed by atoms with Crippen LogP contribution in [-0.4, -0.2) is 28.7 Å². The standard InChI is InChI=1S/C30H25Cl3N2O3/c1-15(2)25(26(36)34-22-14-17(31)13-12-16(22)3)35-27(37)23-24(28(35)38)30(33)19-9-5-4-8-18(19)29(23,32)20-10-6-7-11-21(20)30/h4-15,23-25H,1-3H3,(H,34,36)/t23-,24-,25-,29?,30?/m0/s1.